The molecular weight excluding hydrogens is 226 g/mol. The molecule has 1 atom stereocenters. The molecule has 0 fully saturated rings. The lowest BCUT2D eigenvalue weighted by Gasteiger charge is -2.23. The van der Waals surface area contributed by atoms with Crippen molar-refractivity contribution in [2.24, 2.45) is 11.3 Å². The van der Waals surface area contributed by atoms with Crippen molar-refractivity contribution < 1.29 is 5.11 Å². The van der Waals surface area contributed by atoms with Crippen molar-refractivity contribution >= 4 is 0 Å². The van der Waals surface area contributed by atoms with Gasteiger partial charge in [-0.3, -0.25) is 0 Å². The summed E-state index contributed by atoms with van der Waals surface area (Å²) in [6.45, 7) is 12.0. The number of hydrogen-bond donors (Lipinski definition) is 1. The number of aliphatic hydroxyl groups excluding tert-OH is 1. The molecule has 1 aromatic rings. The Balaban J connectivity index is 2.74. The average Bonchev–Trinajstić information content (AvgIpc) is 2.59. The second-order valence-electron chi connectivity index (χ2n) is 6.42. The Kier molecular flexibility index (Phi) is 5.32. The van der Waals surface area contributed by atoms with Gasteiger partial charge in [0.25, 0.3) is 0 Å². The summed E-state index contributed by atoms with van der Waals surface area (Å²) in [6.07, 6.45) is 3.14. The van der Waals surface area contributed by atoms with Crippen LogP contribution in [0.2, 0.25) is 0 Å². The monoisotopic (exact) mass is 253 g/mol. The van der Waals surface area contributed by atoms with Gasteiger partial charge in [-0.25, -0.2) is 0 Å². The van der Waals surface area contributed by atoms with Gasteiger partial charge in [0.15, 0.2) is 5.82 Å². The van der Waals surface area contributed by atoms with Gasteiger partial charge in [-0.1, -0.05) is 34.6 Å². The number of rotatable bonds is 6. The first-order valence-electron chi connectivity index (χ1n) is 6.89. The van der Waals surface area contributed by atoms with Crippen molar-refractivity contribution in [1.82, 2.24) is 14.8 Å². The van der Waals surface area contributed by atoms with Gasteiger partial charge in [0, 0.05) is 13.0 Å². The van der Waals surface area contributed by atoms with E-state index in [0.717, 1.165) is 25.2 Å². The first-order valence-corrected chi connectivity index (χ1v) is 6.89. The standard InChI is InChI=1S/C14H27N3O/c1-6-7-17-12(15-16-13(17)10-18)8-11(2)9-14(3,4)5/h11,18H,6-10H2,1-5H3. The zero-order valence-electron chi connectivity index (χ0n) is 12.4. The Labute approximate surface area is 110 Å². The molecule has 0 saturated carbocycles. The van der Waals surface area contributed by atoms with E-state index in [1.165, 1.54) is 6.42 Å². The van der Waals surface area contributed by atoms with Gasteiger partial charge >= 0.3 is 0 Å². The summed E-state index contributed by atoms with van der Waals surface area (Å²) in [5.41, 5.74) is 0.342. The lowest BCUT2D eigenvalue weighted by Crippen LogP contribution is -2.16. The second kappa shape index (κ2) is 6.32. The fourth-order valence-corrected chi connectivity index (χ4v) is 2.55. The smallest absolute Gasteiger partial charge is 0.158 e. The molecule has 0 radical (unpaired) electrons. The maximum atomic E-state index is 9.26. The Morgan fingerprint density at radius 1 is 1.22 bits per heavy atom. The zero-order chi connectivity index (χ0) is 13.8. The third-order valence-electron chi connectivity index (χ3n) is 2.98. The minimum atomic E-state index is -0.0271. The molecule has 1 unspecified atom stereocenters. The van der Waals surface area contributed by atoms with Crippen LogP contribution in [0.15, 0.2) is 0 Å². The van der Waals surface area contributed by atoms with E-state index in [1.807, 2.05) is 0 Å². The van der Waals surface area contributed by atoms with Crippen molar-refractivity contribution in [1.29, 1.82) is 0 Å². The summed E-state index contributed by atoms with van der Waals surface area (Å²) in [7, 11) is 0. The highest BCUT2D eigenvalue weighted by Crippen LogP contribution is 2.26. The second-order valence-corrected chi connectivity index (χ2v) is 6.42. The highest BCUT2D eigenvalue weighted by atomic mass is 16.3. The lowest BCUT2D eigenvalue weighted by atomic mass is 9.84. The van der Waals surface area contributed by atoms with E-state index in [-0.39, 0.29) is 6.61 Å². The van der Waals surface area contributed by atoms with Crippen molar-refractivity contribution in [3.8, 4) is 0 Å². The predicted octanol–water partition coefficient (Wildman–Crippen LogP) is 2.80. The van der Waals surface area contributed by atoms with Crippen LogP contribution in [0.1, 0.15) is 59.1 Å². The van der Waals surface area contributed by atoms with Crippen molar-refractivity contribution in [3.63, 3.8) is 0 Å². The summed E-state index contributed by atoms with van der Waals surface area (Å²) < 4.78 is 2.07. The van der Waals surface area contributed by atoms with E-state index in [1.54, 1.807) is 0 Å². The van der Waals surface area contributed by atoms with Gasteiger partial charge < -0.3 is 9.67 Å². The normalized spacial score (nSPS) is 13.9. The van der Waals surface area contributed by atoms with Crippen molar-refractivity contribution in [2.75, 3.05) is 0 Å². The molecule has 104 valence electrons. The number of hydrogen-bond acceptors (Lipinski definition) is 3. The summed E-state index contributed by atoms with van der Waals surface area (Å²) in [4.78, 5) is 0. The van der Waals surface area contributed by atoms with E-state index >= 15 is 0 Å². The topological polar surface area (TPSA) is 50.9 Å². The fourth-order valence-electron chi connectivity index (χ4n) is 2.55. The maximum Gasteiger partial charge on any atom is 0.158 e. The lowest BCUT2D eigenvalue weighted by molar-refractivity contribution is 0.263. The Morgan fingerprint density at radius 2 is 1.83 bits per heavy atom. The molecule has 1 rings (SSSR count). The quantitative estimate of drug-likeness (QED) is 0.848. The van der Waals surface area contributed by atoms with Gasteiger partial charge in [-0.05, 0) is 24.2 Å². The van der Waals surface area contributed by atoms with Gasteiger partial charge in [0.2, 0.25) is 0 Å². The third kappa shape index (κ3) is 4.41. The molecule has 1 aromatic heterocycles. The van der Waals surface area contributed by atoms with Crippen LogP contribution in [0.25, 0.3) is 0 Å². The van der Waals surface area contributed by atoms with E-state index in [2.05, 4.69) is 49.4 Å². The maximum absolute atomic E-state index is 9.26. The predicted molar refractivity (Wildman–Crippen MR) is 73.2 cm³/mol. The van der Waals surface area contributed by atoms with E-state index in [4.69, 9.17) is 0 Å². The largest absolute Gasteiger partial charge is 0.388 e. The molecule has 0 spiro atoms. The Hall–Kier alpha value is -0.900. The molecule has 0 aromatic carbocycles. The van der Waals surface area contributed by atoms with Crippen molar-refractivity contribution in [2.45, 2.75) is 67.0 Å². The van der Waals surface area contributed by atoms with Crippen LogP contribution >= 0.6 is 0 Å². The van der Waals surface area contributed by atoms with Gasteiger partial charge in [-0.15, -0.1) is 10.2 Å². The molecule has 4 heteroatoms. The number of aromatic nitrogens is 3. The highest BCUT2D eigenvalue weighted by molar-refractivity contribution is 4.96. The number of aliphatic hydroxyl groups is 1. The molecule has 0 aliphatic heterocycles. The van der Waals surface area contributed by atoms with Crippen LogP contribution in [0.5, 0.6) is 0 Å². The average molecular weight is 253 g/mol. The molecule has 0 aliphatic rings. The van der Waals surface area contributed by atoms with E-state index in [9.17, 15) is 5.11 Å². The van der Waals surface area contributed by atoms with Crippen LogP contribution in [0.4, 0.5) is 0 Å². The Morgan fingerprint density at radius 3 is 2.33 bits per heavy atom. The molecule has 1 heterocycles. The van der Waals surface area contributed by atoms with Crippen LogP contribution in [0, 0.1) is 11.3 Å². The molecule has 0 aliphatic carbocycles. The van der Waals surface area contributed by atoms with Crippen LogP contribution in [0.3, 0.4) is 0 Å². The van der Waals surface area contributed by atoms with E-state index in [0.29, 0.717) is 17.2 Å². The van der Waals surface area contributed by atoms with Crippen LogP contribution in [-0.4, -0.2) is 19.9 Å². The number of nitrogens with zero attached hydrogens (tertiary/aromatic N) is 3. The first-order chi connectivity index (χ1) is 8.37. The van der Waals surface area contributed by atoms with Gasteiger partial charge in [0.05, 0.1) is 0 Å². The first kappa shape index (κ1) is 15.2. The van der Waals surface area contributed by atoms with Gasteiger partial charge in [-0.2, -0.15) is 0 Å². The molecule has 1 N–H and O–H groups in total. The SMILES string of the molecule is CCCn1c(CO)nnc1CC(C)CC(C)(C)C. The third-order valence-corrected chi connectivity index (χ3v) is 2.98. The minimum absolute atomic E-state index is 0.0271. The molecule has 0 amide bonds. The summed E-state index contributed by atoms with van der Waals surface area (Å²) in [6, 6.07) is 0. The molecular formula is C14H27N3O. The van der Waals surface area contributed by atoms with Crippen LogP contribution < -0.4 is 0 Å². The zero-order valence-corrected chi connectivity index (χ0v) is 12.4. The fraction of sp³-hybridized carbons (Fsp3) is 0.857. The molecule has 0 saturated heterocycles. The minimum Gasteiger partial charge on any atom is -0.388 e. The van der Waals surface area contributed by atoms with E-state index < -0.39 is 0 Å². The van der Waals surface area contributed by atoms with Crippen molar-refractivity contribution in [3.05, 3.63) is 11.6 Å². The molecule has 0 bridgehead atoms. The summed E-state index contributed by atoms with van der Waals surface area (Å²) in [5, 5.41) is 17.5. The Bertz CT molecular complexity index is 366. The molecule has 4 nitrogen and oxygen atoms in total. The van der Waals surface area contributed by atoms with Gasteiger partial charge in [0.1, 0.15) is 12.4 Å². The van der Waals surface area contributed by atoms with Crippen LogP contribution in [-0.2, 0) is 19.6 Å². The molecule has 18 heavy (non-hydrogen) atoms. The summed E-state index contributed by atoms with van der Waals surface area (Å²) in [5.74, 6) is 2.28. The highest BCUT2D eigenvalue weighted by Gasteiger charge is 2.19. The summed E-state index contributed by atoms with van der Waals surface area (Å²) >= 11 is 0.